The Kier molecular flexibility index (Phi) is 4.50. The van der Waals surface area contributed by atoms with Crippen LogP contribution in [0, 0.1) is 12.7 Å². The molecule has 1 amide bonds. The van der Waals surface area contributed by atoms with E-state index in [0.29, 0.717) is 11.6 Å². The highest BCUT2D eigenvalue weighted by Crippen LogP contribution is 2.27. The highest BCUT2D eigenvalue weighted by Gasteiger charge is 2.16. The summed E-state index contributed by atoms with van der Waals surface area (Å²) in [5.74, 6) is -0.250. The van der Waals surface area contributed by atoms with E-state index in [9.17, 15) is 9.18 Å². The zero-order valence-corrected chi connectivity index (χ0v) is 13.0. The quantitative estimate of drug-likeness (QED) is 0.882. The van der Waals surface area contributed by atoms with Crippen molar-refractivity contribution in [3.8, 4) is 0 Å². The van der Waals surface area contributed by atoms with Gasteiger partial charge in [-0.25, -0.2) is 9.07 Å². The summed E-state index contributed by atoms with van der Waals surface area (Å²) in [4.78, 5) is 12.1. The molecule has 6 heteroatoms. The predicted octanol–water partition coefficient (Wildman–Crippen LogP) is 3.19. The number of aromatic nitrogens is 3. The lowest BCUT2D eigenvalue weighted by Gasteiger charge is -2.13. The van der Waals surface area contributed by atoms with Crippen LogP contribution in [0.4, 0.5) is 10.1 Å². The first-order valence-corrected chi connectivity index (χ1v) is 7.73. The molecule has 0 bridgehead atoms. The first-order chi connectivity index (χ1) is 11.1. The number of nitrogens with one attached hydrogen (secondary N) is 1. The van der Waals surface area contributed by atoms with Gasteiger partial charge in [-0.2, -0.15) is 0 Å². The normalized spacial score (nSPS) is 17.2. The Hall–Kier alpha value is -2.50. The SMILES string of the molecule is Cc1ccc(F)cc1NC(=O)Cn1cc(C2CC=CCC2)nn1. The predicted molar refractivity (Wildman–Crippen MR) is 85.5 cm³/mol. The number of nitrogens with zero attached hydrogens (tertiary/aromatic N) is 3. The molecule has 1 N–H and O–H groups in total. The molecule has 1 heterocycles. The fourth-order valence-electron chi connectivity index (χ4n) is 2.71. The number of carbonyl (C=O) groups is 1. The Bertz CT molecular complexity index is 738. The minimum absolute atomic E-state index is 0.0610. The van der Waals surface area contributed by atoms with Crippen molar-refractivity contribution < 1.29 is 9.18 Å². The Morgan fingerprint density at radius 2 is 2.30 bits per heavy atom. The minimum Gasteiger partial charge on any atom is -0.324 e. The molecule has 0 saturated heterocycles. The van der Waals surface area contributed by atoms with E-state index < -0.39 is 0 Å². The molecule has 1 aromatic carbocycles. The number of amides is 1. The van der Waals surface area contributed by atoms with Gasteiger partial charge in [0.1, 0.15) is 12.4 Å². The molecule has 1 aliphatic rings. The zero-order chi connectivity index (χ0) is 16.2. The number of benzene rings is 1. The number of halogens is 1. The Morgan fingerprint density at radius 1 is 1.43 bits per heavy atom. The second-order valence-corrected chi connectivity index (χ2v) is 5.83. The first-order valence-electron chi connectivity index (χ1n) is 7.73. The number of carbonyl (C=O) groups excluding carboxylic acids is 1. The van der Waals surface area contributed by atoms with Gasteiger partial charge in [0.2, 0.25) is 5.91 Å². The summed E-state index contributed by atoms with van der Waals surface area (Å²) >= 11 is 0. The summed E-state index contributed by atoms with van der Waals surface area (Å²) in [7, 11) is 0. The van der Waals surface area contributed by atoms with Gasteiger partial charge in [0.25, 0.3) is 0 Å². The average Bonchev–Trinajstić information content (AvgIpc) is 3.00. The molecular formula is C17H19FN4O. The Balaban J connectivity index is 1.63. The third kappa shape index (κ3) is 3.83. The van der Waals surface area contributed by atoms with E-state index in [1.54, 1.807) is 6.07 Å². The van der Waals surface area contributed by atoms with Crippen LogP contribution >= 0.6 is 0 Å². The molecule has 3 rings (SSSR count). The summed E-state index contributed by atoms with van der Waals surface area (Å²) in [6, 6.07) is 4.32. The maximum Gasteiger partial charge on any atom is 0.246 e. The lowest BCUT2D eigenvalue weighted by molar-refractivity contribution is -0.116. The van der Waals surface area contributed by atoms with Gasteiger partial charge in [-0.05, 0) is 43.9 Å². The van der Waals surface area contributed by atoms with Crippen LogP contribution in [-0.2, 0) is 11.3 Å². The standard InChI is InChI=1S/C17H19FN4O/c1-12-7-8-14(18)9-15(12)19-17(23)11-22-10-16(20-21-22)13-5-3-2-4-6-13/h2-3,7-10,13H,4-6,11H2,1H3,(H,19,23). The topological polar surface area (TPSA) is 59.8 Å². The molecule has 5 nitrogen and oxygen atoms in total. The van der Waals surface area contributed by atoms with Crippen molar-refractivity contribution >= 4 is 11.6 Å². The third-order valence-electron chi connectivity index (χ3n) is 4.02. The smallest absolute Gasteiger partial charge is 0.246 e. The van der Waals surface area contributed by atoms with E-state index in [1.807, 2.05) is 13.1 Å². The van der Waals surface area contributed by atoms with Crippen molar-refractivity contribution in [3.05, 3.63) is 53.6 Å². The molecular weight excluding hydrogens is 295 g/mol. The van der Waals surface area contributed by atoms with Gasteiger partial charge in [0.05, 0.1) is 5.69 Å². The fourth-order valence-corrected chi connectivity index (χ4v) is 2.71. The first kappa shape index (κ1) is 15.4. The molecule has 23 heavy (non-hydrogen) atoms. The van der Waals surface area contributed by atoms with Gasteiger partial charge >= 0.3 is 0 Å². The van der Waals surface area contributed by atoms with Crippen LogP contribution in [0.5, 0.6) is 0 Å². The summed E-state index contributed by atoms with van der Waals surface area (Å²) in [6.07, 6.45) is 9.23. The van der Waals surface area contributed by atoms with Crippen LogP contribution in [-0.4, -0.2) is 20.9 Å². The lowest BCUT2D eigenvalue weighted by atomic mass is 9.92. The van der Waals surface area contributed by atoms with Crippen LogP contribution in [0.1, 0.15) is 36.4 Å². The molecule has 0 spiro atoms. The van der Waals surface area contributed by atoms with Crippen LogP contribution in [0.15, 0.2) is 36.5 Å². The number of anilines is 1. The van der Waals surface area contributed by atoms with Gasteiger partial charge in [-0.15, -0.1) is 5.10 Å². The molecule has 1 aromatic heterocycles. The van der Waals surface area contributed by atoms with Gasteiger partial charge in [-0.3, -0.25) is 4.79 Å². The molecule has 1 aliphatic carbocycles. The highest BCUT2D eigenvalue weighted by atomic mass is 19.1. The molecule has 1 atom stereocenters. The molecule has 0 aliphatic heterocycles. The van der Waals surface area contributed by atoms with Gasteiger partial charge in [0.15, 0.2) is 0 Å². The number of hydrogen-bond acceptors (Lipinski definition) is 3. The van der Waals surface area contributed by atoms with E-state index in [0.717, 1.165) is 30.5 Å². The van der Waals surface area contributed by atoms with Crippen LogP contribution < -0.4 is 5.32 Å². The second-order valence-electron chi connectivity index (χ2n) is 5.83. The largest absolute Gasteiger partial charge is 0.324 e. The summed E-state index contributed by atoms with van der Waals surface area (Å²) in [5, 5.41) is 10.9. The maximum absolute atomic E-state index is 13.2. The van der Waals surface area contributed by atoms with Crippen molar-refractivity contribution in [2.75, 3.05) is 5.32 Å². The molecule has 1 unspecified atom stereocenters. The number of rotatable bonds is 4. The molecule has 2 aromatic rings. The van der Waals surface area contributed by atoms with E-state index in [-0.39, 0.29) is 18.3 Å². The second kappa shape index (κ2) is 6.73. The molecule has 120 valence electrons. The summed E-state index contributed by atoms with van der Waals surface area (Å²) in [6.45, 7) is 1.88. The van der Waals surface area contributed by atoms with Crippen LogP contribution in [0.3, 0.4) is 0 Å². The van der Waals surface area contributed by atoms with Crippen molar-refractivity contribution in [2.45, 2.75) is 38.6 Å². The van der Waals surface area contributed by atoms with Gasteiger partial charge in [0, 0.05) is 17.8 Å². The van der Waals surface area contributed by atoms with Gasteiger partial charge < -0.3 is 5.32 Å². The summed E-state index contributed by atoms with van der Waals surface area (Å²) < 4.78 is 14.8. The lowest BCUT2D eigenvalue weighted by Crippen LogP contribution is -2.19. The number of hydrogen-bond donors (Lipinski definition) is 1. The highest BCUT2D eigenvalue weighted by molar-refractivity contribution is 5.91. The minimum atomic E-state index is -0.376. The molecule has 0 radical (unpaired) electrons. The van der Waals surface area contributed by atoms with E-state index >= 15 is 0 Å². The molecule has 0 saturated carbocycles. The van der Waals surface area contributed by atoms with Crippen molar-refractivity contribution in [3.63, 3.8) is 0 Å². The zero-order valence-electron chi connectivity index (χ0n) is 13.0. The van der Waals surface area contributed by atoms with E-state index in [4.69, 9.17) is 0 Å². The van der Waals surface area contributed by atoms with E-state index in [1.165, 1.54) is 16.8 Å². The maximum atomic E-state index is 13.2. The summed E-state index contributed by atoms with van der Waals surface area (Å²) in [5.41, 5.74) is 2.21. The van der Waals surface area contributed by atoms with Crippen molar-refractivity contribution in [2.24, 2.45) is 0 Å². The average molecular weight is 314 g/mol. The van der Waals surface area contributed by atoms with Crippen LogP contribution in [0.25, 0.3) is 0 Å². The fraction of sp³-hybridized carbons (Fsp3) is 0.353. The monoisotopic (exact) mass is 314 g/mol. The van der Waals surface area contributed by atoms with Crippen molar-refractivity contribution in [1.29, 1.82) is 0 Å². The molecule has 0 fully saturated rings. The van der Waals surface area contributed by atoms with Crippen LogP contribution in [0.2, 0.25) is 0 Å². The Morgan fingerprint density at radius 3 is 3.09 bits per heavy atom. The van der Waals surface area contributed by atoms with Gasteiger partial charge in [-0.1, -0.05) is 23.4 Å². The number of aryl methyl sites for hydroxylation is 1. The Labute approximate surface area is 134 Å². The van der Waals surface area contributed by atoms with Crippen molar-refractivity contribution in [1.82, 2.24) is 15.0 Å². The third-order valence-corrected chi connectivity index (χ3v) is 4.02. The van der Waals surface area contributed by atoms with E-state index in [2.05, 4.69) is 27.8 Å². The number of allylic oxidation sites excluding steroid dienone is 2.